The summed E-state index contributed by atoms with van der Waals surface area (Å²) >= 11 is 3.38. The van der Waals surface area contributed by atoms with Gasteiger partial charge in [0, 0.05) is 12.7 Å². The summed E-state index contributed by atoms with van der Waals surface area (Å²) in [4.78, 5) is 4.17. The summed E-state index contributed by atoms with van der Waals surface area (Å²) in [6, 6.07) is 3.82. The van der Waals surface area contributed by atoms with Crippen molar-refractivity contribution in [1.82, 2.24) is 4.98 Å². The van der Waals surface area contributed by atoms with Crippen molar-refractivity contribution in [3.8, 4) is 6.07 Å². The lowest BCUT2D eigenvalue weighted by atomic mass is 10.1. The zero-order valence-electron chi connectivity index (χ0n) is 8.92. The van der Waals surface area contributed by atoms with E-state index in [4.69, 9.17) is 5.26 Å². The second kappa shape index (κ2) is 5.72. The van der Waals surface area contributed by atoms with E-state index in [1.54, 1.807) is 12.3 Å². The standard InChI is InChI=1S/C11H14BrN3/c1-8(2)3-4-14-11-10(12)5-9(6-13)7-15-11/h5,7-8H,3-4H2,1-2H3,(H,14,15). The number of hydrogen-bond acceptors (Lipinski definition) is 3. The van der Waals surface area contributed by atoms with Crippen molar-refractivity contribution in [2.75, 3.05) is 11.9 Å². The quantitative estimate of drug-likeness (QED) is 0.912. The third kappa shape index (κ3) is 3.88. The minimum absolute atomic E-state index is 0.566. The fourth-order valence-electron chi connectivity index (χ4n) is 1.11. The zero-order valence-corrected chi connectivity index (χ0v) is 10.5. The SMILES string of the molecule is CC(C)CCNc1ncc(C#N)cc1Br. The lowest BCUT2D eigenvalue weighted by Gasteiger charge is -2.08. The molecule has 0 bridgehead atoms. The average molecular weight is 268 g/mol. The maximum absolute atomic E-state index is 8.67. The molecule has 0 saturated carbocycles. The number of halogens is 1. The molecule has 0 aromatic carbocycles. The Morgan fingerprint density at radius 2 is 2.33 bits per heavy atom. The predicted octanol–water partition coefficient (Wildman–Crippen LogP) is 3.17. The highest BCUT2D eigenvalue weighted by molar-refractivity contribution is 9.10. The first kappa shape index (κ1) is 12.0. The van der Waals surface area contributed by atoms with Crippen LogP contribution in [0.25, 0.3) is 0 Å². The molecule has 0 spiro atoms. The van der Waals surface area contributed by atoms with Crippen LogP contribution in [0.3, 0.4) is 0 Å². The molecule has 0 radical (unpaired) electrons. The Morgan fingerprint density at radius 3 is 2.87 bits per heavy atom. The van der Waals surface area contributed by atoms with Gasteiger partial charge in [0.05, 0.1) is 10.0 Å². The summed E-state index contributed by atoms with van der Waals surface area (Å²) in [7, 11) is 0. The molecule has 4 heteroatoms. The van der Waals surface area contributed by atoms with Crippen LogP contribution < -0.4 is 5.32 Å². The number of nitrogens with zero attached hydrogens (tertiary/aromatic N) is 2. The molecule has 0 aliphatic heterocycles. The van der Waals surface area contributed by atoms with E-state index in [1.165, 1.54) is 0 Å². The van der Waals surface area contributed by atoms with Gasteiger partial charge < -0.3 is 5.32 Å². The molecule has 0 fully saturated rings. The zero-order chi connectivity index (χ0) is 11.3. The van der Waals surface area contributed by atoms with E-state index in [0.717, 1.165) is 23.3 Å². The Balaban J connectivity index is 2.59. The molecule has 1 aromatic heterocycles. The highest BCUT2D eigenvalue weighted by Crippen LogP contribution is 2.20. The normalized spacial score (nSPS) is 10.1. The molecule has 1 rings (SSSR count). The van der Waals surface area contributed by atoms with Gasteiger partial charge in [0.15, 0.2) is 0 Å². The number of nitrogens with one attached hydrogen (secondary N) is 1. The number of rotatable bonds is 4. The summed E-state index contributed by atoms with van der Waals surface area (Å²) in [5.41, 5.74) is 0.566. The van der Waals surface area contributed by atoms with Gasteiger partial charge >= 0.3 is 0 Å². The predicted molar refractivity (Wildman–Crippen MR) is 64.6 cm³/mol. The second-order valence-electron chi connectivity index (χ2n) is 3.78. The van der Waals surface area contributed by atoms with Crippen LogP contribution in [0, 0.1) is 17.2 Å². The summed E-state index contributed by atoms with van der Waals surface area (Å²) in [6.45, 7) is 5.26. The summed E-state index contributed by atoms with van der Waals surface area (Å²) in [5, 5.41) is 11.9. The highest BCUT2D eigenvalue weighted by atomic mass is 79.9. The second-order valence-corrected chi connectivity index (χ2v) is 4.63. The van der Waals surface area contributed by atoms with Gasteiger partial charge in [-0.3, -0.25) is 0 Å². The van der Waals surface area contributed by atoms with Crippen molar-refractivity contribution >= 4 is 21.7 Å². The van der Waals surface area contributed by atoms with E-state index in [0.29, 0.717) is 11.5 Å². The van der Waals surface area contributed by atoms with Crippen LogP contribution in [0.2, 0.25) is 0 Å². The molecule has 1 aromatic rings. The Hall–Kier alpha value is -1.08. The Labute approximate surface area is 98.7 Å². The van der Waals surface area contributed by atoms with Crippen molar-refractivity contribution < 1.29 is 0 Å². The molecule has 1 heterocycles. The molecule has 0 unspecified atom stereocenters. The summed E-state index contributed by atoms with van der Waals surface area (Å²) < 4.78 is 0.838. The van der Waals surface area contributed by atoms with Gasteiger partial charge in [-0.25, -0.2) is 4.98 Å². The van der Waals surface area contributed by atoms with Crippen molar-refractivity contribution in [3.63, 3.8) is 0 Å². The molecule has 0 saturated heterocycles. The monoisotopic (exact) mass is 267 g/mol. The van der Waals surface area contributed by atoms with Gasteiger partial charge in [-0.05, 0) is 34.3 Å². The first-order valence-corrected chi connectivity index (χ1v) is 5.72. The molecule has 80 valence electrons. The number of hydrogen-bond donors (Lipinski definition) is 1. The average Bonchev–Trinajstić information content (AvgIpc) is 2.20. The molecule has 3 nitrogen and oxygen atoms in total. The lowest BCUT2D eigenvalue weighted by Crippen LogP contribution is -2.06. The topological polar surface area (TPSA) is 48.7 Å². The molecular formula is C11H14BrN3. The highest BCUT2D eigenvalue weighted by Gasteiger charge is 2.02. The van der Waals surface area contributed by atoms with Crippen LogP contribution in [-0.2, 0) is 0 Å². The van der Waals surface area contributed by atoms with Crippen LogP contribution in [0.5, 0.6) is 0 Å². The maximum Gasteiger partial charge on any atom is 0.140 e. The van der Waals surface area contributed by atoms with Crippen LogP contribution in [0.4, 0.5) is 5.82 Å². The van der Waals surface area contributed by atoms with E-state index >= 15 is 0 Å². The summed E-state index contributed by atoms with van der Waals surface area (Å²) in [5.74, 6) is 1.48. The third-order valence-electron chi connectivity index (χ3n) is 1.98. The molecule has 0 atom stereocenters. The lowest BCUT2D eigenvalue weighted by molar-refractivity contribution is 0.606. The minimum Gasteiger partial charge on any atom is -0.369 e. The van der Waals surface area contributed by atoms with Gasteiger partial charge in [0.1, 0.15) is 11.9 Å². The van der Waals surface area contributed by atoms with Crippen LogP contribution >= 0.6 is 15.9 Å². The van der Waals surface area contributed by atoms with Gasteiger partial charge in [-0.2, -0.15) is 5.26 Å². The first-order chi connectivity index (χ1) is 7.13. The summed E-state index contributed by atoms with van der Waals surface area (Å²) in [6.07, 6.45) is 2.68. The van der Waals surface area contributed by atoms with Crippen molar-refractivity contribution in [3.05, 3.63) is 22.3 Å². The van der Waals surface area contributed by atoms with Crippen molar-refractivity contribution in [2.24, 2.45) is 5.92 Å². The van der Waals surface area contributed by atoms with Crippen LogP contribution in [-0.4, -0.2) is 11.5 Å². The number of anilines is 1. The fraction of sp³-hybridized carbons (Fsp3) is 0.455. The largest absolute Gasteiger partial charge is 0.369 e. The van der Waals surface area contributed by atoms with E-state index in [2.05, 4.69) is 40.1 Å². The number of aromatic nitrogens is 1. The molecule has 15 heavy (non-hydrogen) atoms. The Bertz CT molecular complexity index is 369. The van der Waals surface area contributed by atoms with E-state index in [-0.39, 0.29) is 0 Å². The van der Waals surface area contributed by atoms with Gasteiger partial charge in [0.25, 0.3) is 0 Å². The Morgan fingerprint density at radius 1 is 1.60 bits per heavy atom. The fourth-order valence-corrected chi connectivity index (χ4v) is 1.60. The molecule has 0 amide bonds. The van der Waals surface area contributed by atoms with E-state index < -0.39 is 0 Å². The third-order valence-corrected chi connectivity index (χ3v) is 2.59. The van der Waals surface area contributed by atoms with Crippen LogP contribution in [0.15, 0.2) is 16.7 Å². The van der Waals surface area contributed by atoms with E-state index in [9.17, 15) is 0 Å². The minimum atomic E-state index is 0.566. The van der Waals surface area contributed by atoms with Gasteiger partial charge in [0.2, 0.25) is 0 Å². The number of pyridine rings is 1. The number of nitriles is 1. The van der Waals surface area contributed by atoms with Crippen LogP contribution in [0.1, 0.15) is 25.8 Å². The van der Waals surface area contributed by atoms with Crippen molar-refractivity contribution in [1.29, 1.82) is 5.26 Å². The molecule has 0 aliphatic carbocycles. The van der Waals surface area contributed by atoms with Gasteiger partial charge in [-0.15, -0.1) is 0 Å². The Kier molecular flexibility index (Phi) is 4.57. The smallest absolute Gasteiger partial charge is 0.140 e. The molecule has 0 aliphatic rings. The van der Waals surface area contributed by atoms with E-state index in [1.807, 2.05) is 6.07 Å². The van der Waals surface area contributed by atoms with Crippen molar-refractivity contribution in [2.45, 2.75) is 20.3 Å². The van der Waals surface area contributed by atoms with Gasteiger partial charge in [-0.1, -0.05) is 13.8 Å². The molecule has 1 N–H and O–H groups in total. The maximum atomic E-state index is 8.67. The first-order valence-electron chi connectivity index (χ1n) is 4.93. The molecular weight excluding hydrogens is 254 g/mol.